The quantitative estimate of drug-likeness (QED) is 0.144. The van der Waals surface area contributed by atoms with Gasteiger partial charge in [-0.15, -0.1) is 0 Å². The van der Waals surface area contributed by atoms with E-state index in [-0.39, 0.29) is 13.0 Å². The van der Waals surface area contributed by atoms with Gasteiger partial charge in [0, 0.05) is 26.3 Å². The molecule has 0 fully saturated rings. The number of aliphatic carboxylic acids is 1. The molecule has 5 nitrogen and oxygen atoms in total. The van der Waals surface area contributed by atoms with E-state index >= 15 is 0 Å². The molecule has 0 heterocycles. The largest absolute Gasteiger partial charge is 0.497 e. The summed E-state index contributed by atoms with van der Waals surface area (Å²) in [5.41, 5.74) is 3.88. The lowest BCUT2D eigenvalue weighted by atomic mass is 9.43. The summed E-state index contributed by atoms with van der Waals surface area (Å²) in [4.78, 5) is 13.3. The van der Waals surface area contributed by atoms with E-state index in [0.29, 0.717) is 53.8 Å². The van der Waals surface area contributed by atoms with Crippen molar-refractivity contribution in [3.8, 4) is 11.5 Å². The zero-order valence-electron chi connectivity index (χ0n) is 27.3. The van der Waals surface area contributed by atoms with Gasteiger partial charge >= 0.3 is 5.97 Å². The molecular weight excluding hydrogens is 655 g/mol. The maximum Gasteiger partial charge on any atom is 0.304 e. The third-order valence-corrected chi connectivity index (χ3v) is 11.6. The highest BCUT2D eigenvalue weighted by molar-refractivity contribution is 6.31. The second kappa shape index (κ2) is 13.2. The number of methoxy groups -OCH3 is 1. The smallest absolute Gasteiger partial charge is 0.304 e. The van der Waals surface area contributed by atoms with Crippen LogP contribution in [0.15, 0.2) is 115 Å². The monoisotopic (exact) mass is 692 g/mol. The van der Waals surface area contributed by atoms with Gasteiger partial charge in [-0.3, -0.25) is 4.79 Å². The molecule has 250 valence electrons. The number of fused-ring (bicyclic) bond motifs is 2. The Morgan fingerprint density at radius 3 is 1.71 bits per heavy atom. The van der Waals surface area contributed by atoms with E-state index in [1.807, 2.05) is 103 Å². The van der Waals surface area contributed by atoms with Crippen LogP contribution in [-0.4, -0.2) is 29.9 Å². The van der Waals surface area contributed by atoms with Gasteiger partial charge in [0.05, 0.1) is 20.1 Å². The third-order valence-electron chi connectivity index (χ3n) is 11.1. The maximum atomic E-state index is 13.3. The number of carboxylic acid groups (broad SMARTS) is 1. The van der Waals surface area contributed by atoms with Gasteiger partial charge < -0.3 is 19.7 Å². The number of benzene rings is 5. The van der Waals surface area contributed by atoms with Crippen molar-refractivity contribution in [2.45, 2.75) is 49.5 Å². The zero-order chi connectivity index (χ0) is 34.2. The molecule has 3 unspecified atom stereocenters. The topological polar surface area (TPSA) is 76.0 Å². The molecule has 0 bridgehead atoms. The predicted molar refractivity (Wildman–Crippen MR) is 193 cm³/mol. The maximum absolute atomic E-state index is 13.3. The Kier molecular flexibility index (Phi) is 8.95. The summed E-state index contributed by atoms with van der Waals surface area (Å²) in [7, 11) is 1.63. The number of carboxylic acids is 1. The number of carbonyl (C=O) groups is 1. The van der Waals surface area contributed by atoms with Crippen LogP contribution in [0.2, 0.25) is 10.0 Å². The van der Waals surface area contributed by atoms with Gasteiger partial charge in [-0.05, 0) is 113 Å². The Morgan fingerprint density at radius 1 is 0.735 bits per heavy atom. The Labute approximate surface area is 297 Å². The van der Waals surface area contributed by atoms with E-state index in [9.17, 15) is 15.0 Å². The van der Waals surface area contributed by atoms with Gasteiger partial charge in [-0.1, -0.05) is 89.9 Å². The fraction of sp³-hybridized carbons (Fsp3) is 0.262. The summed E-state index contributed by atoms with van der Waals surface area (Å²) in [5.74, 6) is 0.423. The van der Waals surface area contributed by atoms with Crippen molar-refractivity contribution >= 4 is 29.2 Å². The highest BCUT2D eigenvalue weighted by atomic mass is 35.5. The molecule has 0 aliphatic heterocycles. The van der Waals surface area contributed by atoms with Gasteiger partial charge in [0.1, 0.15) is 18.1 Å². The summed E-state index contributed by atoms with van der Waals surface area (Å²) in [5, 5.41) is 24.3. The summed E-state index contributed by atoms with van der Waals surface area (Å²) in [6.45, 7) is 0.0356. The number of hydrogen-bond acceptors (Lipinski definition) is 4. The fourth-order valence-corrected chi connectivity index (χ4v) is 9.52. The highest BCUT2D eigenvalue weighted by Gasteiger charge is 2.68. The van der Waals surface area contributed by atoms with Crippen molar-refractivity contribution in [2.75, 3.05) is 13.7 Å². The first-order valence-corrected chi connectivity index (χ1v) is 17.3. The van der Waals surface area contributed by atoms with E-state index in [0.717, 1.165) is 38.9 Å². The van der Waals surface area contributed by atoms with Crippen LogP contribution in [0.25, 0.3) is 0 Å². The van der Waals surface area contributed by atoms with Crippen LogP contribution < -0.4 is 9.47 Å². The average Bonchev–Trinajstić information content (AvgIpc) is 3.70. The zero-order valence-corrected chi connectivity index (χ0v) is 28.8. The van der Waals surface area contributed by atoms with Crippen molar-refractivity contribution in [3.63, 3.8) is 0 Å². The lowest BCUT2D eigenvalue weighted by molar-refractivity contribution is -0.145. The Morgan fingerprint density at radius 2 is 1.24 bits per heavy atom. The third kappa shape index (κ3) is 5.40. The number of halogens is 2. The van der Waals surface area contributed by atoms with Crippen molar-refractivity contribution < 1.29 is 24.5 Å². The molecule has 0 amide bonds. The lowest BCUT2D eigenvalue weighted by Crippen LogP contribution is -2.61. The lowest BCUT2D eigenvalue weighted by Gasteiger charge is -2.59. The summed E-state index contributed by atoms with van der Waals surface area (Å²) >= 11 is 13.1. The number of aliphatic hydroxyl groups is 1. The Balaban J connectivity index is 1.50. The van der Waals surface area contributed by atoms with Crippen LogP contribution in [-0.2, 0) is 35.1 Å². The minimum atomic E-state index is -1.26. The van der Waals surface area contributed by atoms with Crippen molar-refractivity contribution in [3.05, 3.63) is 164 Å². The first-order valence-electron chi connectivity index (χ1n) is 16.6. The van der Waals surface area contributed by atoms with E-state index in [2.05, 4.69) is 12.1 Å². The summed E-state index contributed by atoms with van der Waals surface area (Å²) in [6.07, 6.45) is 2.24. The Hall–Kier alpha value is -4.29. The normalized spacial score (nSPS) is 20.7. The molecule has 5 aromatic rings. The van der Waals surface area contributed by atoms with Crippen molar-refractivity contribution in [2.24, 2.45) is 5.41 Å². The van der Waals surface area contributed by atoms with E-state index in [1.165, 1.54) is 0 Å². The molecule has 0 radical (unpaired) electrons. The Bertz CT molecular complexity index is 1980. The van der Waals surface area contributed by atoms with Crippen LogP contribution in [0.3, 0.4) is 0 Å². The minimum absolute atomic E-state index is 0.286. The van der Waals surface area contributed by atoms with Crippen LogP contribution in [0, 0.1) is 5.41 Å². The van der Waals surface area contributed by atoms with Gasteiger partial charge in [-0.2, -0.15) is 0 Å². The van der Waals surface area contributed by atoms with Crippen LogP contribution >= 0.6 is 23.2 Å². The minimum Gasteiger partial charge on any atom is -0.497 e. The van der Waals surface area contributed by atoms with Crippen molar-refractivity contribution in [1.29, 1.82) is 0 Å². The van der Waals surface area contributed by atoms with Gasteiger partial charge in [-0.25, -0.2) is 0 Å². The predicted octanol–water partition coefficient (Wildman–Crippen LogP) is 9.20. The molecule has 0 saturated carbocycles. The number of ether oxygens (including phenoxy) is 2. The van der Waals surface area contributed by atoms with Gasteiger partial charge in [0.25, 0.3) is 0 Å². The van der Waals surface area contributed by atoms with Crippen molar-refractivity contribution in [1.82, 2.24) is 0 Å². The molecule has 0 saturated heterocycles. The van der Waals surface area contributed by atoms with Crippen LogP contribution in [0.5, 0.6) is 11.5 Å². The SMILES string of the molecule is COc1ccc(C2(C(CO)(CC(=O)O)C3(c4ccc(OCc5ccccc5)cc4)CCc4cc(Cl)ccc43)CCc3cc(Cl)ccc32)cc1. The summed E-state index contributed by atoms with van der Waals surface area (Å²) in [6, 6.07) is 37.7. The number of hydrogen-bond donors (Lipinski definition) is 2. The van der Waals surface area contributed by atoms with E-state index < -0.39 is 22.2 Å². The number of aryl methyl sites for hydroxylation is 2. The van der Waals surface area contributed by atoms with Gasteiger partial charge in [0.2, 0.25) is 0 Å². The standard InChI is InChI=1S/C42H38Cl2O5/c1-48-35-13-7-31(8-14-35)41(21-19-29-23-33(43)11-17-37(29)41)40(27-45,25-39(46)47)42(22-20-30-24-34(44)12-18-38(30)42)32-9-15-36(16-10-32)49-26-28-5-3-2-4-6-28/h2-18,23-24,45H,19-22,25-27H2,1H3,(H,46,47). The second-order valence-electron chi connectivity index (χ2n) is 13.3. The average molecular weight is 694 g/mol. The van der Waals surface area contributed by atoms with Crippen LogP contribution in [0.1, 0.15) is 58.2 Å². The molecular formula is C42H38Cl2O5. The van der Waals surface area contributed by atoms with E-state index in [4.69, 9.17) is 32.7 Å². The molecule has 0 aromatic heterocycles. The first-order chi connectivity index (χ1) is 23.8. The van der Waals surface area contributed by atoms with Crippen LogP contribution in [0.4, 0.5) is 0 Å². The molecule has 5 aromatic carbocycles. The van der Waals surface area contributed by atoms with Gasteiger partial charge in [0.15, 0.2) is 0 Å². The summed E-state index contributed by atoms with van der Waals surface area (Å²) < 4.78 is 11.7. The molecule has 0 spiro atoms. The number of rotatable bonds is 11. The molecule has 7 heteroatoms. The number of aliphatic hydroxyl groups excluding tert-OH is 1. The molecule has 2 aliphatic rings. The second-order valence-corrected chi connectivity index (χ2v) is 14.1. The molecule has 7 rings (SSSR count). The molecule has 3 atom stereocenters. The highest BCUT2D eigenvalue weighted by Crippen LogP contribution is 2.68. The fourth-order valence-electron chi connectivity index (χ4n) is 9.13. The first kappa shape index (κ1) is 33.2. The molecule has 2 N–H and O–H groups in total. The molecule has 2 aliphatic carbocycles. The molecule has 49 heavy (non-hydrogen) atoms. The van der Waals surface area contributed by atoms with E-state index in [1.54, 1.807) is 7.11 Å².